The summed E-state index contributed by atoms with van der Waals surface area (Å²) in [6.07, 6.45) is 4.55. The molecule has 0 saturated heterocycles. The summed E-state index contributed by atoms with van der Waals surface area (Å²) >= 11 is 6.14. The number of nitrogens with one attached hydrogen (secondary N) is 1. The molecule has 118 valence electrons. The van der Waals surface area contributed by atoms with E-state index in [0.29, 0.717) is 12.0 Å². The topological polar surface area (TPSA) is 12.0 Å². The molecule has 0 heterocycles. The van der Waals surface area contributed by atoms with E-state index in [1.54, 1.807) is 6.07 Å². The number of hydrogen-bond acceptors (Lipinski definition) is 1. The average molecular weight is 312 g/mol. The Morgan fingerprint density at radius 1 is 1.33 bits per heavy atom. The first-order valence-electron chi connectivity index (χ1n) is 7.95. The fourth-order valence-corrected chi connectivity index (χ4v) is 4.14. The van der Waals surface area contributed by atoms with Gasteiger partial charge in [0.05, 0.1) is 5.02 Å². The van der Waals surface area contributed by atoms with E-state index in [1.807, 2.05) is 6.07 Å². The second-order valence-electron chi connectivity index (χ2n) is 7.30. The Balaban J connectivity index is 2.18. The molecule has 1 fully saturated rings. The maximum absolute atomic E-state index is 13.6. The number of benzene rings is 1. The molecule has 0 spiro atoms. The summed E-state index contributed by atoms with van der Waals surface area (Å²) in [4.78, 5) is 0. The van der Waals surface area contributed by atoms with Gasteiger partial charge in [-0.1, -0.05) is 50.9 Å². The van der Waals surface area contributed by atoms with Crippen LogP contribution in [0.3, 0.4) is 0 Å². The van der Waals surface area contributed by atoms with Crippen LogP contribution in [-0.2, 0) is 6.42 Å². The van der Waals surface area contributed by atoms with Gasteiger partial charge in [-0.3, -0.25) is 0 Å². The monoisotopic (exact) mass is 311 g/mol. The zero-order valence-corrected chi connectivity index (χ0v) is 14.3. The Morgan fingerprint density at radius 3 is 2.71 bits per heavy atom. The van der Waals surface area contributed by atoms with Crippen LogP contribution in [0.1, 0.15) is 45.6 Å². The first kappa shape index (κ1) is 16.8. The zero-order valence-electron chi connectivity index (χ0n) is 13.5. The third-order valence-electron chi connectivity index (χ3n) is 5.16. The fourth-order valence-electron chi connectivity index (χ4n) is 3.94. The van der Waals surface area contributed by atoms with Crippen LogP contribution in [0.2, 0.25) is 5.02 Å². The Bertz CT molecular complexity index is 486. The van der Waals surface area contributed by atoms with E-state index in [2.05, 4.69) is 33.1 Å². The van der Waals surface area contributed by atoms with Gasteiger partial charge in [-0.15, -0.1) is 0 Å². The second-order valence-corrected chi connectivity index (χ2v) is 7.68. The van der Waals surface area contributed by atoms with Crippen molar-refractivity contribution in [2.45, 2.75) is 52.5 Å². The molecule has 0 amide bonds. The highest BCUT2D eigenvalue weighted by Gasteiger charge is 2.38. The number of halogens is 2. The van der Waals surface area contributed by atoms with Crippen molar-refractivity contribution in [3.63, 3.8) is 0 Å². The van der Waals surface area contributed by atoms with E-state index in [9.17, 15) is 4.39 Å². The minimum atomic E-state index is -0.313. The molecule has 0 bridgehead atoms. The largest absolute Gasteiger partial charge is 0.317 e. The Labute approximate surface area is 133 Å². The lowest BCUT2D eigenvalue weighted by molar-refractivity contribution is 0.0980. The molecule has 3 heteroatoms. The van der Waals surface area contributed by atoms with Crippen molar-refractivity contribution in [1.82, 2.24) is 5.32 Å². The normalized spacial score (nSPS) is 26.9. The van der Waals surface area contributed by atoms with Crippen LogP contribution < -0.4 is 5.32 Å². The minimum Gasteiger partial charge on any atom is -0.317 e. The molecular weight excluding hydrogens is 285 g/mol. The fraction of sp³-hybridized carbons (Fsp3) is 0.667. The molecule has 1 nitrogen and oxygen atoms in total. The molecule has 1 saturated carbocycles. The van der Waals surface area contributed by atoms with Gasteiger partial charge in [0.25, 0.3) is 0 Å². The Hall–Kier alpha value is -0.600. The third kappa shape index (κ3) is 3.78. The summed E-state index contributed by atoms with van der Waals surface area (Å²) in [5.41, 5.74) is 1.03. The summed E-state index contributed by atoms with van der Waals surface area (Å²) < 4.78 is 13.6. The summed E-state index contributed by atoms with van der Waals surface area (Å²) in [6, 6.07) is 5.67. The van der Waals surface area contributed by atoms with Gasteiger partial charge in [-0.2, -0.15) is 0 Å². The van der Waals surface area contributed by atoms with Gasteiger partial charge in [0.1, 0.15) is 5.82 Å². The SMILES string of the molecule is CNC1CC(C)CCC1C(C)(C)Cc1cccc(F)c1Cl. The third-order valence-corrected chi connectivity index (χ3v) is 5.59. The molecule has 3 unspecified atom stereocenters. The van der Waals surface area contributed by atoms with E-state index in [4.69, 9.17) is 11.6 Å². The van der Waals surface area contributed by atoms with Gasteiger partial charge in [-0.25, -0.2) is 4.39 Å². The van der Waals surface area contributed by atoms with Crippen molar-refractivity contribution in [2.75, 3.05) is 7.05 Å². The van der Waals surface area contributed by atoms with Crippen molar-refractivity contribution < 1.29 is 4.39 Å². The van der Waals surface area contributed by atoms with Crippen LogP contribution in [0.5, 0.6) is 0 Å². The van der Waals surface area contributed by atoms with Crippen molar-refractivity contribution in [2.24, 2.45) is 17.3 Å². The van der Waals surface area contributed by atoms with Crippen LogP contribution in [0.4, 0.5) is 4.39 Å². The van der Waals surface area contributed by atoms with Gasteiger partial charge in [0.2, 0.25) is 0 Å². The summed E-state index contributed by atoms with van der Waals surface area (Å²) in [5.74, 6) is 1.07. The van der Waals surface area contributed by atoms with Crippen molar-refractivity contribution in [3.05, 3.63) is 34.6 Å². The summed E-state index contributed by atoms with van der Waals surface area (Å²) in [7, 11) is 2.06. The molecule has 1 aliphatic rings. The average Bonchev–Trinajstić information content (AvgIpc) is 2.43. The summed E-state index contributed by atoms with van der Waals surface area (Å²) in [5, 5.41) is 3.78. The number of hydrogen-bond donors (Lipinski definition) is 1. The highest BCUT2D eigenvalue weighted by molar-refractivity contribution is 6.31. The lowest BCUT2D eigenvalue weighted by atomic mass is 9.64. The second kappa shape index (κ2) is 6.66. The first-order valence-corrected chi connectivity index (χ1v) is 8.33. The quantitative estimate of drug-likeness (QED) is 0.818. The predicted molar refractivity (Wildman–Crippen MR) is 88.2 cm³/mol. The standard InChI is InChI=1S/C18H27ClFN/c1-12-8-9-14(16(10-12)21-4)18(2,3)11-13-6-5-7-15(20)17(13)19/h5-7,12,14,16,21H,8-11H2,1-4H3. The zero-order chi connectivity index (χ0) is 15.6. The highest BCUT2D eigenvalue weighted by atomic mass is 35.5. The van der Waals surface area contributed by atoms with Gasteiger partial charge in [-0.05, 0) is 55.2 Å². The van der Waals surface area contributed by atoms with Crippen molar-refractivity contribution >= 4 is 11.6 Å². The summed E-state index contributed by atoms with van der Waals surface area (Å²) in [6.45, 7) is 6.91. The Morgan fingerprint density at radius 2 is 2.05 bits per heavy atom. The molecule has 3 atom stereocenters. The van der Waals surface area contributed by atoms with E-state index >= 15 is 0 Å². The predicted octanol–water partition coefficient (Wildman–Crippen LogP) is 5.07. The maximum Gasteiger partial charge on any atom is 0.142 e. The molecule has 0 aromatic heterocycles. The van der Waals surface area contributed by atoms with Gasteiger partial charge in [0, 0.05) is 6.04 Å². The van der Waals surface area contributed by atoms with Gasteiger partial charge < -0.3 is 5.32 Å². The van der Waals surface area contributed by atoms with E-state index < -0.39 is 0 Å². The van der Waals surface area contributed by atoms with Crippen LogP contribution in [0, 0.1) is 23.1 Å². The van der Waals surface area contributed by atoms with Gasteiger partial charge >= 0.3 is 0 Å². The lowest BCUT2D eigenvalue weighted by Gasteiger charge is -2.44. The highest BCUT2D eigenvalue weighted by Crippen LogP contribution is 2.43. The van der Waals surface area contributed by atoms with E-state index in [-0.39, 0.29) is 16.3 Å². The molecule has 1 aromatic rings. The van der Waals surface area contributed by atoms with Crippen molar-refractivity contribution in [3.8, 4) is 0 Å². The molecule has 0 aliphatic heterocycles. The Kier molecular flexibility index (Phi) is 5.32. The molecule has 21 heavy (non-hydrogen) atoms. The molecule has 0 radical (unpaired) electrons. The number of rotatable bonds is 4. The smallest absolute Gasteiger partial charge is 0.142 e. The molecular formula is C18H27ClFN. The molecule has 2 rings (SSSR count). The van der Waals surface area contributed by atoms with Crippen LogP contribution in [0.15, 0.2) is 18.2 Å². The maximum atomic E-state index is 13.6. The lowest BCUT2D eigenvalue weighted by Crippen LogP contribution is -2.46. The molecule has 1 aromatic carbocycles. The van der Waals surface area contributed by atoms with Crippen LogP contribution in [0.25, 0.3) is 0 Å². The van der Waals surface area contributed by atoms with E-state index in [1.165, 1.54) is 25.3 Å². The minimum absolute atomic E-state index is 0.102. The van der Waals surface area contributed by atoms with Crippen LogP contribution in [-0.4, -0.2) is 13.1 Å². The van der Waals surface area contributed by atoms with Crippen molar-refractivity contribution in [1.29, 1.82) is 0 Å². The first-order chi connectivity index (χ1) is 9.85. The van der Waals surface area contributed by atoms with E-state index in [0.717, 1.165) is 17.9 Å². The molecule has 1 N–H and O–H groups in total. The van der Waals surface area contributed by atoms with Crippen LogP contribution >= 0.6 is 11.6 Å². The van der Waals surface area contributed by atoms with Gasteiger partial charge in [0.15, 0.2) is 0 Å². The molecule has 1 aliphatic carbocycles.